The molecule has 1 aliphatic heterocycles. The molecule has 0 saturated heterocycles. The van der Waals surface area contributed by atoms with Gasteiger partial charge in [0.25, 0.3) is 10.0 Å². The monoisotopic (exact) mass is 581 g/mol. The van der Waals surface area contributed by atoms with Gasteiger partial charge >= 0.3 is 0 Å². The Bertz CT molecular complexity index is 1420. The van der Waals surface area contributed by atoms with Gasteiger partial charge in [0.05, 0.1) is 31.1 Å². The summed E-state index contributed by atoms with van der Waals surface area (Å²) < 4.78 is 40.3. The molecule has 3 aromatic rings. The maximum absolute atomic E-state index is 13.5. The number of anilines is 1. The Morgan fingerprint density at radius 1 is 1.12 bits per heavy atom. The molecular formula is C31H39N3O6S. The first kappa shape index (κ1) is 30.4. The number of aliphatic hydroxyl groups excluding tert-OH is 1. The quantitative estimate of drug-likeness (QED) is 0.375. The fourth-order valence-electron chi connectivity index (χ4n) is 4.94. The minimum absolute atomic E-state index is 0.0156. The first-order valence-electron chi connectivity index (χ1n) is 13.7. The summed E-state index contributed by atoms with van der Waals surface area (Å²) in [6.45, 7) is 5.40. The molecule has 0 aromatic heterocycles. The number of likely N-dealkylation sites (N-methyl/N-ethyl adjacent to an activating group) is 1. The van der Waals surface area contributed by atoms with E-state index in [2.05, 4.69) is 9.62 Å². The van der Waals surface area contributed by atoms with Crippen LogP contribution in [0, 0.1) is 5.92 Å². The zero-order valence-corrected chi connectivity index (χ0v) is 24.8. The second-order valence-corrected chi connectivity index (χ2v) is 12.4. The van der Waals surface area contributed by atoms with Crippen molar-refractivity contribution in [3.05, 3.63) is 83.9 Å². The third-order valence-corrected chi connectivity index (χ3v) is 8.72. The fourth-order valence-corrected chi connectivity index (χ4v) is 6.01. The molecule has 3 aromatic carbocycles. The summed E-state index contributed by atoms with van der Waals surface area (Å²) in [6, 6.07) is 20.7. The van der Waals surface area contributed by atoms with E-state index in [1.807, 2.05) is 45.2 Å². The largest absolute Gasteiger partial charge is 0.497 e. The van der Waals surface area contributed by atoms with Gasteiger partial charge in [-0.25, -0.2) is 8.42 Å². The molecular weight excluding hydrogens is 542 g/mol. The van der Waals surface area contributed by atoms with Crippen molar-refractivity contribution in [3.63, 3.8) is 0 Å². The van der Waals surface area contributed by atoms with Crippen molar-refractivity contribution in [2.75, 3.05) is 38.6 Å². The Balaban J connectivity index is 1.61. The second-order valence-electron chi connectivity index (χ2n) is 10.7. The van der Waals surface area contributed by atoms with Crippen LogP contribution in [0.4, 0.5) is 5.69 Å². The highest BCUT2D eigenvalue weighted by atomic mass is 32.2. The minimum Gasteiger partial charge on any atom is -0.497 e. The van der Waals surface area contributed by atoms with E-state index in [0.29, 0.717) is 36.6 Å². The second kappa shape index (κ2) is 13.4. The molecule has 3 atom stereocenters. The van der Waals surface area contributed by atoms with E-state index in [9.17, 15) is 18.3 Å². The highest BCUT2D eigenvalue weighted by Crippen LogP contribution is 2.30. The molecule has 10 heteroatoms. The Morgan fingerprint density at radius 3 is 2.49 bits per heavy atom. The first-order chi connectivity index (χ1) is 19.6. The molecule has 0 radical (unpaired) electrons. The van der Waals surface area contributed by atoms with Crippen molar-refractivity contribution in [1.82, 2.24) is 9.80 Å². The molecule has 4 rings (SSSR count). The molecule has 9 nitrogen and oxygen atoms in total. The van der Waals surface area contributed by atoms with Crippen molar-refractivity contribution in [3.8, 4) is 11.5 Å². The standard InChI is InChI=1S/C31H39N3O6S/c1-22-18-34(23(2)21-35)31(36)17-25-16-26(32-41(37,38)28-8-6-5-7-9-28)12-15-29(25)40-30(22)20-33(3)19-24-10-13-27(39-4)14-11-24/h5-16,22-23,30,32,35H,17-21H2,1-4H3/t22-,23-,30+/m0/s1. The Kier molecular flexibility index (Phi) is 9.90. The van der Waals surface area contributed by atoms with Crippen LogP contribution in [0.15, 0.2) is 77.7 Å². The van der Waals surface area contributed by atoms with Crippen LogP contribution < -0.4 is 14.2 Å². The number of nitrogens with zero attached hydrogens (tertiary/aromatic N) is 2. The summed E-state index contributed by atoms with van der Waals surface area (Å²) in [5.41, 5.74) is 2.05. The van der Waals surface area contributed by atoms with Crippen LogP contribution in [0.2, 0.25) is 0 Å². The van der Waals surface area contributed by atoms with Crippen molar-refractivity contribution in [2.24, 2.45) is 5.92 Å². The molecule has 0 saturated carbocycles. The van der Waals surface area contributed by atoms with E-state index >= 15 is 0 Å². The Hall–Kier alpha value is -3.60. The van der Waals surface area contributed by atoms with Crippen LogP contribution in [0.25, 0.3) is 0 Å². The lowest BCUT2D eigenvalue weighted by atomic mass is 10.0. The smallest absolute Gasteiger partial charge is 0.261 e. The molecule has 220 valence electrons. The number of ether oxygens (including phenoxy) is 2. The maximum Gasteiger partial charge on any atom is 0.261 e. The van der Waals surface area contributed by atoms with E-state index < -0.39 is 10.0 Å². The third-order valence-electron chi connectivity index (χ3n) is 7.33. The number of nitrogens with one attached hydrogen (secondary N) is 1. The highest BCUT2D eigenvalue weighted by molar-refractivity contribution is 7.92. The highest BCUT2D eigenvalue weighted by Gasteiger charge is 2.31. The third kappa shape index (κ3) is 7.78. The van der Waals surface area contributed by atoms with E-state index in [0.717, 1.165) is 11.3 Å². The molecule has 0 unspecified atom stereocenters. The summed E-state index contributed by atoms with van der Waals surface area (Å²) in [5.74, 6) is 1.13. The van der Waals surface area contributed by atoms with Gasteiger partial charge in [-0.1, -0.05) is 37.3 Å². The Labute approximate surface area is 242 Å². The van der Waals surface area contributed by atoms with Crippen LogP contribution in [-0.4, -0.2) is 75.2 Å². The number of carbonyl (C=O) groups is 1. The van der Waals surface area contributed by atoms with Gasteiger partial charge in [0.15, 0.2) is 0 Å². The van der Waals surface area contributed by atoms with Gasteiger partial charge in [0, 0.05) is 36.8 Å². The number of amides is 1. The molecule has 0 bridgehead atoms. The van der Waals surface area contributed by atoms with Crippen LogP contribution in [0.1, 0.15) is 25.0 Å². The van der Waals surface area contributed by atoms with Gasteiger partial charge in [0.1, 0.15) is 17.6 Å². The number of hydrogen-bond acceptors (Lipinski definition) is 7. The summed E-state index contributed by atoms with van der Waals surface area (Å²) in [4.78, 5) is 17.5. The minimum atomic E-state index is -3.81. The average molecular weight is 582 g/mol. The normalized spacial score (nSPS) is 18.5. The number of fused-ring (bicyclic) bond motifs is 1. The molecule has 1 aliphatic rings. The summed E-state index contributed by atoms with van der Waals surface area (Å²) >= 11 is 0. The van der Waals surface area contributed by atoms with E-state index in [1.54, 1.807) is 48.4 Å². The number of methoxy groups -OCH3 is 1. The van der Waals surface area contributed by atoms with Crippen molar-refractivity contribution >= 4 is 21.6 Å². The van der Waals surface area contributed by atoms with Gasteiger partial charge in [-0.05, 0) is 62.0 Å². The van der Waals surface area contributed by atoms with Crippen LogP contribution in [0.5, 0.6) is 11.5 Å². The van der Waals surface area contributed by atoms with Gasteiger partial charge < -0.3 is 19.5 Å². The molecule has 0 spiro atoms. The van der Waals surface area contributed by atoms with Crippen LogP contribution in [0.3, 0.4) is 0 Å². The first-order valence-corrected chi connectivity index (χ1v) is 15.2. The lowest BCUT2D eigenvalue weighted by molar-refractivity contribution is -0.134. The fraction of sp³-hybridized carbons (Fsp3) is 0.387. The number of rotatable bonds is 10. The number of benzene rings is 3. The number of aliphatic hydroxyl groups is 1. The van der Waals surface area contributed by atoms with Gasteiger partial charge in [-0.15, -0.1) is 0 Å². The number of hydrogen-bond donors (Lipinski definition) is 2. The van der Waals surface area contributed by atoms with E-state index in [-0.39, 0.29) is 41.9 Å². The molecule has 0 fully saturated rings. The van der Waals surface area contributed by atoms with Crippen molar-refractivity contribution in [2.45, 2.75) is 43.9 Å². The van der Waals surface area contributed by atoms with Gasteiger partial charge in [-0.3, -0.25) is 14.4 Å². The Morgan fingerprint density at radius 2 is 1.83 bits per heavy atom. The predicted molar refractivity (Wildman–Crippen MR) is 159 cm³/mol. The maximum atomic E-state index is 13.5. The predicted octanol–water partition coefficient (Wildman–Crippen LogP) is 3.78. The van der Waals surface area contributed by atoms with Gasteiger partial charge in [-0.2, -0.15) is 0 Å². The molecule has 1 heterocycles. The summed E-state index contributed by atoms with van der Waals surface area (Å²) in [7, 11) is -0.145. The van der Waals surface area contributed by atoms with Crippen LogP contribution in [-0.2, 0) is 27.8 Å². The zero-order valence-electron chi connectivity index (χ0n) is 24.0. The summed E-state index contributed by atoms with van der Waals surface area (Å²) in [5, 5.41) is 9.89. The number of sulfonamides is 1. The van der Waals surface area contributed by atoms with Crippen LogP contribution >= 0.6 is 0 Å². The lowest BCUT2D eigenvalue weighted by Crippen LogP contribution is -2.47. The molecule has 0 aliphatic carbocycles. The van der Waals surface area contributed by atoms with E-state index in [4.69, 9.17) is 9.47 Å². The SMILES string of the molecule is COc1ccc(CN(C)C[C@H]2Oc3ccc(NS(=O)(=O)c4ccccc4)cc3CC(=O)N([C@@H](C)CO)C[C@@H]2C)cc1. The van der Waals surface area contributed by atoms with Gasteiger partial charge in [0.2, 0.25) is 5.91 Å². The number of carbonyl (C=O) groups excluding carboxylic acids is 1. The molecule has 1 amide bonds. The average Bonchev–Trinajstić information content (AvgIpc) is 3.00. The lowest BCUT2D eigenvalue weighted by Gasteiger charge is -2.34. The summed E-state index contributed by atoms with van der Waals surface area (Å²) in [6.07, 6.45) is -0.259. The van der Waals surface area contributed by atoms with Crippen molar-refractivity contribution in [1.29, 1.82) is 0 Å². The van der Waals surface area contributed by atoms with Crippen molar-refractivity contribution < 1.29 is 27.8 Å². The topological polar surface area (TPSA) is 108 Å². The molecule has 41 heavy (non-hydrogen) atoms. The van der Waals surface area contributed by atoms with E-state index in [1.165, 1.54) is 12.1 Å². The molecule has 2 N–H and O–H groups in total. The zero-order chi connectivity index (χ0) is 29.6.